The molecular weight excluding hydrogens is 388 g/mol. The van der Waals surface area contributed by atoms with E-state index in [1.54, 1.807) is 12.1 Å². The molecule has 21 heavy (non-hydrogen) atoms. The predicted molar refractivity (Wildman–Crippen MR) is 93.0 cm³/mol. The van der Waals surface area contributed by atoms with Gasteiger partial charge in [-0.15, -0.1) is 24.0 Å². The molecule has 1 unspecified atom stereocenters. The fraction of sp³-hybridized carbons (Fsp3) is 0.500. The summed E-state index contributed by atoms with van der Waals surface area (Å²) in [5, 5.41) is 14.8. The van der Waals surface area contributed by atoms with Crippen LogP contribution in [-0.4, -0.2) is 43.4 Å². The smallest absolute Gasteiger partial charge is 0.191 e. The van der Waals surface area contributed by atoms with Crippen molar-refractivity contribution in [3.05, 3.63) is 30.1 Å². The molecule has 1 aromatic rings. The predicted octanol–water partition coefficient (Wildman–Crippen LogP) is 1.76. The van der Waals surface area contributed by atoms with Gasteiger partial charge in [-0.3, -0.25) is 0 Å². The van der Waals surface area contributed by atoms with Crippen LogP contribution in [0.5, 0.6) is 5.75 Å². The van der Waals surface area contributed by atoms with Gasteiger partial charge in [-0.2, -0.15) is 0 Å². The van der Waals surface area contributed by atoms with E-state index in [-0.39, 0.29) is 42.5 Å². The van der Waals surface area contributed by atoms with Crippen molar-refractivity contribution in [2.24, 2.45) is 4.99 Å². The molecule has 0 spiro atoms. The second-order valence-electron chi connectivity index (χ2n) is 4.25. The number of aliphatic hydroxyl groups excluding tert-OH is 1. The van der Waals surface area contributed by atoms with Crippen molar-refractivity contribution < 1.29 is 14.2 Å². The molecule has 0 heterocycles. The Morgan fingerprint density at radius 3 is 2.57 bits per heavy atom. The Bertz CT molecular complexity index is 415. The summed E-state index contributed by atoms with van der Waals surface area (Å²) in [6, 6.07) is 5.89. The molecule has 0 aliphatic heterocycles. The summed E-state index contributed by atoms with van der Waals surface area (Å²) < 4.78 is 18.4. The molecule has 0 radical (unpaired) electrons. The van der Waals surface area contributed by atoms with Gasteiger partial charge in [0.05, 0.1) is 13.2 Å². The monoisotopic (exact) mass is 411 g/mol. The first-order valence-electron chi connectivity index (χ1n) is 6.71. The number of ether oxygens (including phenoxy) is 1. The SMILES string of the molecule is CCNC(=NCC(C)Oc1ccc(F)cc1)NCCO.I. The van der Waals surface area contributed by atoms with Crippen LogP contribution in [0.15, 0.2) is 29.3 Å². The van der Waals surface area contributed by atoms with Crippen LogP contribution in [0.3, 0.4) is 0 Å². The number of halogens is 2. The number of hydrogen-bond donors (Lipinski definition) is 3. The van der Waals surface area contributed by atoms with Crippen molar-refractivity contribution in [1.29, 1.82) is 0 Å². The highest BCUT2D eigenvalue weighted by molar-refractivity contribution is 14.0. The summed E-state index contributed by atoms with van der Waals surface area (Å²) in [5.74, 6) is 0.962. The van der Waals surface area contributed by atoms with Gasteiger partial charge in [0, 0.05) is 13.1 Å². The molecule has 0 saturated heterocycles. The van der Waals surface area contributed by atoms with Crippen LogP contribution < -0.4 is 15.4 Å². The largest absolute Gasteiger partial charge is 0.489 e. The third-order valence-electron chi connectivity index (χ3n) is 2.41. The molecule has 3 N–H and O–H groups in total. The van der Waals surface area contributed by atoms with E-state index in [4.69, 9.17) is 9.84 Å². The zero-order valence-corrected chi connectivity index (χ0v) is 14.6. The second-order valence-corrected chi connectivity index (χ2v) is 4.25. The van der Waals surface area contributed by atoms with E-state index in [9.17, 15) is 4.39 Å². The van der Waals surface area contributed by atoms with Crippen LogP contribution in [-0.2, 0) is 0 Å². The fourth-order valence-corrected chi connectivity index (χ4v) is 1.52. The number of guanidine groups is 1. The number of nitrogens with one attached hydrogen (secondary N) is 2. The van der Waals surface area contributed by atoms with E-state index in [1.165, 1.54) is 12.1 Å². The highest BCUT2D eigenvalue weighted by atomic mass is 127. The Morgan fingerprint density at radius 2 is 2.00 bits per heavy atom. The van der Waals surface area contributed by atoms with E-state index < -0.39 is 0 Å². The third kappa shape index (κ3) is 8.71. The minimum Gasteiger partial charge on any atom is -0.489 e. The second kappa shape index (κ2) is 11.6. The van der Waals surface area contributed by atoms with Crippen molar-refractivity contribution in [3.63, 3.8) is 0 Å². The molecule has 0 amide bonds. The molecule has 1 rings (SSSR count). The molecule has 0 aromatic heterocycles. The zero-order valence-electron chi connectivity index (χ0n) is 12.3. The number of hydrogen-bond acceptors (Lipinski definition) is 3. The van der Waals surface area contributed by atoms with Crippen LogP contribution in [0.1, 0.15) is 13.8 Å². The minimum absolute atomic E-state index is 0. The van der Waals surface area contributed by atoms with Gasteiger partial charge in [-0.25, -0.2) is 9.38 Å². The van der Waals surface area contributed by atoms with Crippen molar-refractivity contribution in [2.45, 2.75) is 20.0 Å². The van der Waals surface area contributed by atoms with Gasteiger partial charge in [0.1, 0.15) is 17.7 Å². The van der Waals surface area contributed by atoms with Crippen molar-refractivity contribution in [2.75, 3.05) is 26.2 Å². The van der Waals surface area contributed by atoms with Crippen molar-refractivity contribution in [3.8, 4) is 5.75 Å². The Kier molecular flexibility index (Phi) is 11.0. The average molecular weight is 411 g/mol. The summed E-state index contributed by atoms with van der Waals surface area (Å²) in [6.07, 6.45) is -0.134. The molecule has 5 nitrogen and oxygen atoms in total. The molecule has 0 saturated carbocycles. The lowest BCUT2D eigenvalue weighted by atomic mass is 10.3. The van der Waals surface area contributed by atoms with E-state index in [0.717, 1.165) is 6.54 Å². The summed E-state index contributed by atoms with van der Waals surface area (Å²) in [4.78, 5) is 4.35. The lowest BCUT2D eigenvalue weighted by Crippen LogP contribution is -2.39. The maximum atomic E-state index is 12.8. The lowest BCUT2D eigenvalue weighted by Gasteiger charge is -2.14. The van der Waals surface area contributed by atoms with Gasteiger partial charge in [0.25, 0.3) is 0 Å². The van der Waals surface area contributed by atoms with E-state index in [2.05, 4.69) is 15.6 Å². The molecule has 120 valence electrons. The normalized spacial score (nSPS) is 12.3. The molecule has 0 aliphatic carbocycles. The molecule has 7 heteroatoms. The molecule has 1 atom stereocenters. The van der Waals surface area contributed by atoms with Crippen LogP contribution >= 0.6 is 24.0 Å². The highest BCUT2D eigenvalue weighted by Crippen LogP contribution is 2.12. The Labute approximate surface area is 142 Å². The third-order valence-corrected chi connectivity index (χ3v) is 2.41. The summed E-state index contributed by atoms with van der Waals surface area (Å²) in [6.45, 7) is 5.55. The topological polar surface area (TPSA) is 65.9 Å². The van der Waals surface area contributed by atoms with Crippen molar-refractivity contribution >= 4 is 29.9 Å². The number of aliphatic imine (C=N–C) groups is 1. The highest BCUT2D eigenvalue weighted by Gasteiger charge is 2.04. The van der Waals surface area contributed by atoms with Gasteiger partial charge in [-0.1, -0.05) is 0 Å². The average Bonchev–Trinajstić information content (AvgIpc) is 2.44. The van der Waals surface area contributed by atoms with Crippen LogP contribution in [0.2, 0.25) is 0 Å². The number of aliphatic hydroxyl groups is 1. The van der Waals surface area contributed by atoms with Gasteiger partial charge in [0.2, 0.25) is 0 Å². The van der Waals surface area contributed by atoms with Crippen LogP contribution in [0, 0.1) is 5.82 Å². The fourth-order valence-electron chi connectivity index (χ4n) is 1.52. The van der Waals surface area contributed by atoms with Crippen molar-refractivity contribution in [1.82, 2.24) is 10.6 Å². The standard InChI is InChI=1S/C14H22FN3O2.HI/c1-3-16-14(17-8-9-19)18-10-11(2)20-13-6-4-12(15)5-7-13;/h4-7,11,19H,3,8-10H2,1-2H3,(H2,16,17,18);1H. The Hall–Kier alpha value is -1.09. The first-order valence-corrected chi connectivity index (χ1v) is 6.71. The molecule has 0 fully saturated rings. The van der Waals surface area contributed by atoms with Crippen LogP contribution in [0.4, 0.5) is 4.39 Å². The number of nitrogens with zero attached hydrogens (tertiary/aromatic N) is 1. The maximum absolute atomic E-state index is 12.8. The zero-order chi connectivity index (χ0) is 14.8. The van der Waals surface area contributed by atoms with E-state index >= 15 is 0 Å². The van der Waals surface area contributed by atoms with Gasteiger partial charge >= 0.3 is 0 Å². The summed E-state index contributed by atoms with van der Waals surface area (Å²) in [7, 11) is 0. The van der Waals surface area contributed by atoms with Gasteiger partial charge in [0.15, 0.2) is 5.96 Å². The van der Waals surface area contributed by atoms with E-state index in [1.807, 2.05) is 13.8 Å². The maximum Gasteiger partial charge on any atom is 0.191 e. The molecule has 1 aromatic carbocycles. The molecule has 0 aliphatic rings. The van der Waals surface area contributed by atoms with E-state index in [0.29, 0.717) is 24.8 Å². The first-order chi connectivity index (χ1) is 9.65. The quantitative estimate of drug-likeness (QED) is 0.364. The Morgan fingerprint density at radius 1 is 1.33 bits per heavy atom. The van der Waals surface area contributed by atoms with Gasteiger partial charge in [-0.05, 0) is 38.1 Å². The summed E-state index contributed by atoms with van der Waals surface area (Å²) >= 11 is 0. The lowest BCUT2D eigenvalue weighted by molar-refractivity contribution is 0.230. The summed E-state index contributed by atoms with van der Waals surface area (Å²) in [5.41, 5.74) is 0. The van der Waals surface area contributed by atoms with Gasteiger partial charge < -0.3 is 20.5 Å². The Balaban J connectivity index is 0.00000400. The first kappa shape index (κ1) is 19.9. The number of benzene rings is 1. The number of rotatable bonds is 7. The minimum atomic E-state index is -0.286. The molecule has 0 bridgehead atoms. The van der Waals surface area contributed by atoms with Crippen LogP contribution in [0.25, 0.3) is 0 Å². The molecular formula is C14H23FIN3O2.